The lowest BCUT2D eigenvalue weighted by atomic mass is 9.69. The topological polar surface area (TPSA) is 49.7 Å². The quantitative estimate of drug-likeness (QED) is 0.750. The van der Waals surface area contributed by atoms with E-state index in [-0.39, 0.29) is 16.7 Å². The van der Waals surface area contributed by atoms with Gasteiger partial charge in [-0.25, -0.2) is 0 Å². The molecule has 1 amide bonds. The summed E-state index contributed by atoms with van der Waals surface area (Å²) in [6.07, 6.45) is 7.66. The highest BCUT2D eigenvalue weighted by atomic mass is 16.2. The van der Waals surface area contributed by atoms with Crippen molar-refractivity contribution < 1.29 is 9.59 Å². The van der Waals surface area contributed by atoms with E-state index in [0.29, 0.717) is 24.7 Å². The van der Waals surface area contributed by atoms with Gasteiger partial charge in [0, 0.05) is 19.5 Å². The second-order valence-corrected chi connectivity index (χ2v) is 7.52. The van der Waals surface area contributed by atoms with Crippen molar-refractivity contribution >= 4 is 17.9 Å². The Kier molecular flexibility index (Phi) is 3.66. The fraction of sp³-hybridized carbons (Fsp3) is 0.824. The lowest BCUT2D eigenvalue weighted by Crippen LogP contribution is -2.39. The third-order valence-electron chi connectivity index (χ3n) is 6.37. The third-order valence-corrected chi connectivity index (χ3v) is 6.37. The number of carbonyl (C=O) groups excluding carboxylic acids is 2. The zero-order valence-electron chi connectivity index (χ0n) is 13.2. The highest BCUT2D eigenvalue weighted by Gasteiger charge is 2.63. The molecule has 0 radical (unpaired) electrons. The standard InChI is InChI=1S/C17H26N2O2/c1-16(2)13-6-7-17(16,14(20)10-13)12-18-11-15(21)19-8-4-3-5-9-19/h11,13H,3-10,12H2,1-2H3. The van der Waals surface area contributed by atoms with Crippen molar-refractivity contribution in [3.63, 3.8) is 0 Å². The molecule has 3 fully saturated rings. The molecular weight excluding hydrogens is 264 g/mol. The van der Waals surface area contributed by atoms with E-state index >= 15 is 0 Å². The van der Waals surface area contributed by atoms with Crippen LogP contribution in [0.1, 0.15) is 52.4 Å². The van der Waals surface area contributed by atoms with Gasteiger partial charge in [-0.15, -0.1) is 0 Å². The van der Waals surface area contributed by atoms with Gasteiger partial charge in [0.2, 0.25) is 0 Å². The molecule has 3 rings (SSSR count). The molecule has 4 nitrogen and oxygen atoms in total. The number of nitrogens with zero attached hydrogens (tertiary/aromatic N) is 2. The van der Waals surface area contributed by atoms with E-state index < -0.39 is 0 Å². The average Bonchev–Trinajstić information content (AvgIpc) is 2.82. The smallest absolute Gasteiger partial charge is 0.264 e. The number of ketones is 1. The normalized spacial score (nSPS) is 34.9. The number of Topliss-reactive ketones (excluding diaryl/α,β-unsaturated/α-hetero) is 1. The van der Waals surface area contributed by atoms with Gasteiger partial charge in [0.1, 0.15) is 5.78 Å². The van der Waals surface area contributed by atoms with Crippen LogP contribution < -0.4 is 0 Å². The fourth-order valence-electron chi connectivity index (χ4n) is 4.62. The van der Waals surface area contributed by atoms with Crippen molar-refractivity contribution in [2.24, 2.45) is 21.7 Å². The van der Waals surface area contributed by atoms with Crippen LogP contribution in [0.5, 0.6) is 0 Å². The van der Waals surface area contributed by atoms with E-state index in [0.717, 1.165) is 38.8 Å². The average molecular weight is 290 g/mol. The maximum absolute atomic E-state index is 12.4. The van der Waals surface area contributed by atoms with Crippen molar-refractivity contribution in [3.05, 3.63) is 0 Å². The Morgan fingerprint density at radius 1 is 1.33 bits per heavy atom. The first-order valence-corrected chi connectivity index (χ1v) is 8.29. The Hall–Kier alpha value is -1.19. The Labute approximate surface area is 127 Å². The van der Waals surface area contributed by atoms with Gasteiger partial charge < -0.3 is 4.90 Å². The summed E-state index contributed by atoms with van der Waals surface area (Å²) < 4.78 is 0. The molecule has 0 N–H and O–H groups in total. The molecular formula is C17H26N2O2. The van der Waals surface area contributed by atoms with E-state index in [1.165, 1.54) is 12.6 Å². The molecule has 1 heterocycles. The first kappa shape index (κ1) is 14.7. The van der Waals surface area contributed by atoms with E-state index in [9.17, 15) is 9.59 Å². The molecule has 2 saturated carbocycles. The summed E-state index contributed by atoms with van der Waals surface area (Å²) in [5.41, 5.74) is -0.272. The molecule has 116 valence electrons. The monoisotopic (exact) mass is 290 g/mol. The molecule has 21 heavy (non-hydrogen) atoms. The minimum atomic E-state index is -0.309. The number of fused-ring (bicyclic) bond motifs is 2. The highest BCUT2D eigenvalue weighted by Crippen LogP contribution is 2.63. The number of carbonyl (C=O) groups is 2. The molecule has 0 aromatic carbocycles. The minimum absolute atomic E-state index is 0.0175. The van der Waals surface area contributed by atoms with Crippen molar-refractivity contribution in [1.29, 1.82) is 0 Å². The van der Waals surface area contributed by atoms with Crippen molar-refractivity contribution in [2.75, 3.05) is 19.6 Å². The number of rotatable bonds is 3. The molecule has 3 aliphatic rings. The van der Waals surface area contributed by atoms with Crippen molar-refractivity contribution in [3.8, 4) is 0 Å². The molecule has 1 aliphatic heterocycles. The number of aliphatic imine (C=N–C) groups is 1. The Morgan fingerprint density at radius 3 is 2.62 bits per heavy atom. The van der Waals surface area contributed by atoms with Gasteiger partial charge in [-0.2, -0.15) is 0 Å². The molecule has 1 saturated heterocycles. The Balaban J connectivity index is 1.65. The largest absolute Gasteiger partial charge is 0.338 e. The summed E-state index contributed by atoms with van der Waals surface area (Å²) in [5, 5.41) is 0. The van der Waals surface area contributed by atoms with Crippen molar-refractivity contribution in [2.45, 2.75) is 52.4 Å². The zero-order chi connectivity index (χ0) is 15.1. The molecule has 2 unspecified atom stereocenters. The van der Waals surface area contributed by atoms with Gasteiger partial charge in [0.15, 0.2) is 0 Å². The number of hydrogen-bond donors (Lipinski definition) is 0. The van der Waals surface area contributed by atoms with Gasteiger partial charge in [-0.3, -0.25) is 14.6 Å². The summed E-state index contributed by atoms with van der Waals surface area (Å²) in [4.78, 5) is 30.8. The maximum Gasteiger partial charge on any atom is 0.264 e. The lowest BCUT2D eigenvalue weighted by molar-refractivity contribution is -0.129. The summed E-state index contributed by atoms with van der Waals surface area (Å²) >= 11 is 0. The first-order valence-electron chi connectivity index (χ1n) is 8.29. The van der Waals surface area contributed by atoms with E-state index in [4.69, 9.17) is 0 Å². The number of amides is 1. The van der Waals surface area contributed by atoms with E-state index in [1.54, 1.807) is 0 Å². The molecule has 2 aliphatic carbocycles. The van der Waals surface area contributed by atoms with Gasteiger partial charge in [0.25, 0.3) is 5.91 Å². The Bertz CT molecular complexity index is 477. The molecule has 0 spiro atoms. The van der Waals surface area contributed by atoms with E-state index in [1.807, 2.05) is 4.90 Å². The Morgan fingerprint density at radius 2 is 2.05 bits per heavy atom. The summed E-state index contributed by atoms with van der Waals surface area (Å²) in [6.45, 7) is 6.61. The van der Waals surface area contributed by atoms with Crippen LogP contribution in [0, 0.1) is 16.7 Å². The minimum Gasteiger partial charge on any atom is -0.338 e. The summed E-state index contributed by atoms with van der Waals surface area (Å²) in [6, 6.07) is 0. The van der Waals surface area contributed by atoms with Gasteiger partial charge in [-0.1, -0.05) is 13.8 Å². The van der Waals surface area contributed by atoms with Crippen LogP contribution >= 0.6 is 0 Å². The number of likely N-dealkylation sites (tertiary alicyclic amines) is 1. The second kappa shape index (κ2) is 5.22. The van der Waals surface area contributed by atoms with E-state index in [2.05, 4.69) is 18.8 Å². The third kappa shape index (κ3) is 2.23. The molecule has 2 atom stereocenters. The van der Waals surface area contributed by atoms with Crippen LogP contribution in [-0.4, -0.2) is 42.4 Å². The number of hydrogen-bond acceptors (Lipinski definition) is 3. The van der Waals surface area contributed by atoms with Crippen LogP contribution in [0.25, 0.3) is 0 Å². The molecule has 0 aromatic heterocycles. The maximum atomic E-state index is 12.4. The molecule has 4 heteroatoms. The number of piperidine rings is 1. The van der Waals surface area contributed by atoms with Gasteiger partial charge in [0.05, 0.1) is 18.2 Å². The van der Waals surface area contributed by atoms with Gasteiger partial charge in [-0.05, 0) is 43.4 Å². The van der Waals surface area contributed by atoms with Gasteiger partial charge >= 0.3 is 0 Å². The lowest BCUT2D eigenvalue weighted by Gasteiger charge is -2.35. The van der Waals surface area contributed by atoms with Crippen molar-refractivity contribution in [1.82, 2.24) is 4.90 Å². The predicted octanol–water partition coefficient (Wildman–Crippen LogP) is 2.47. The summed E-state index contributed by atoms with van der Waals surface area (Å²) in [5.74, 6) is 0.896. The highest BCUT2D eigenvalue weighted by molar-refractivity contribution is 6.26. The second-order valence-electron chi connectivity index (χ2n) is 7.52. The van der Waals surface area contributed by atoms with Crippen LogP contribution in [0.2, 0.25) is 0 Å². The fourth-order valence-corrected chi connectivity index (χ4v) is 4.62. The SMILES string of the molecule is CC1(C)C2CCC1(CN=CC(=O)N1CCCCC1)C(=O)C2. The van der Waals surface area contributed by atoms with Crippen LogP contribution in [0.3, 0.4) is 0 Å². The summed E-state index contributed by atoms with van der Waals surface area (Å²) in [7, 11) is 0. The molecule has 0 aromatic rings. The predicted molar refractivity (Wildman–Crippen MR) is 82.4 cm³/mol. The zero-order valence-corrected chi connectivity index (χ0v) is 13.2. The molecule has 2 bridgehead atoms. The van der Waals surface area contributed by atoms with Crippen LogP contribution in [0.15, 0.2) is 4.99 Å². The van der Waals surface area contributed by atoms with Crippen LogP contribution in [0.4, 0.5) is 0 Å². The first-order chi connectivity index (χ1) is 9.97. The van der Waals surface area contributed by atoms with Crippen LogP contribution in [-0.2, 0) is 9.59 Å².